The van der Waals surface area contributed by atoms with Crippen LogP contribution in [-0.2, 0) is 0 Å². The molecule has 0 spiro atoms. The fraction of sp³-hybridized carbons (Fsp3) is 0.600. The summed E-state index contributed by atoms with van der Waals surface area (Å²) in [5.41, 5.74) is -0.266. The van der Waals surface area contributed by atoms with Gasteiger partial charge in [0.2, 0.25) is 11.0 Å². The number of unbranched alkanes of at least 4 members (excludes halogenated alkanes) is 1. The van der Waals surface area contributed by atoms with Gasteiger partial charge in [-0.05, 0) is 13.3 Å². The Bertz CT molecular complexity index is 400. The smallest absolute Gasteiger partial charge is 0.348 e. The van der Waals surface area contributed by atoms with Crippen molar-refractivity contribution in [1.29, 1.82) is 0 Å². The second-order valence-electron chi connectivity index (χ2n) is 3.81. The molecule has 0 radical (unpaired) electrons. The van der Waals surface area contributed by atoms with E-state index in [1.807, 2.05) is 6.92 Å². The number of hydrogen-bond donors (Lipinski definition) is 1. The van der Waals surface area contributed by atoms with Crippen molar-refractivity contribution in [1.82, 2.24) is 9.97 Å². The first-order valence-electron chi connectivity index (χ1n) is 5.47. The van der Waals surface area contributed by atoms with Gasteiger partial charge in [-0.15, -0.1) is 0 Å². The van der Waals surface area contributed by atoms with Crippen molar-refractivity contribution < 1.29 is 4.92 Å². The van der Waals surface area contributed by atoms with Gasteiger partial charge in [0.25, 0.3) is 0 Å². The monoisotopic (exact) mass is 258 g/mol. The van der Waals surface area contributed by atoms with Gasteiger partial charge in [0, 0.05) is 6.04 Å². The zero-order valence-electron chi connectivity index (χ0n) is 9.81. The third-order valence-electron chi connectivity index (χ3n) is 2.33. The van der Waals surface area contributed by atoms with Gasteiger partial charge < -0.3 is 5.32 Å². The molecule has 1 heterocycles. The molecule has 0 amide bonds. The van der Waals surface area contributed by atoms with Crippen LogP contribution >= 0.6 is 11.6 Å². The van der Waals surface area contributed by atoms with Crippen LogP contribution < -0.4 is 5.32 Å². The minimum absolute atomic E-state index is 0.111. The van der Waals surface area contributed by atoms with Gasteiger partial charge >= 0.3 is 5.69 Å². The molecule has 1 aromatic heterocycles. The molecule has 0 aliphatic rings. The maximum atomic E-state index is 10.8. The zero-order chi connectivity index (χ0) is 12.8. The number of aromatic nitrogens is 2. The van der Waals surface area contributed by atoms with Crippen molar-refractivity contribution in [2.75, 3.05) is 5.32 Å². The molecule has 17 heavy (non-hydrogen) atoms. The van der Waals surface area contributed by atoms with E-state index in [0.29, 0.717) is 0 Å². The van der Waals surface area contributed by atoms with Crippen molar-refractivity contribution in [3.05, 3.63) is 21.6 Å². The SMILES string of the molecule is CCCCC(C)Nc1ncnc(Cl)c1[N+](=O)[O-]. The first-order chi connectivity index (χ1) is 8.06. The lowest BCUT2D eigenvalue weighted by Gasteiger charge is -2.13. The van der Waals surface area contributed by atoms with E-state index >= 15 is 0 Å². The van der Waals surface area contributed by atoms with Crippen LogP contribution in [0.2, 0.25) is 5.15 Å². The maximum absolute atomic E-state index is 10.8. The van der Waals surface area contributed by atoms with E-state index < -0.39 is 4.92 Å². The summed E-state index contributed by atoms with van der Waals surface area (Å²) in [5.74, 6) is 0.179. The summed E-state index contributed by atoms with van der Waals surface area (Å²) in [6.45, 7) is 4.05. The molecule has 0 aliphatic carbocycles. The zero-order valence-corrected chi connectivity index (χ0v) is 10.6. The second-order valence-corrected chi connectivity index (χ2v) is 4.16. The van der Waals surface area contributed by atoms with Crippen LogP contribution in [0.15, 0.2) is 6.33 Å². The Morgan fingerprint density at radius 2 is 2.29 bits per heavy atom. The summed E-state index contributed by atoms with van der Waals surface area (Å²) >= 11 is 5.68. The second kappa shape index (κ2) is 6.34. The van der Waals surface area contributed by atoms with Gasteiger partial charge in [0.05, 0.1) is 4.92 Å². The van der Waals surface area contributed by atoms with E-state index in [2.05, 4.69) is 22.2 Å². The number of nitrogens with zero attached hydrogens (tertiary/aromatic N) is 3. The van der Waals surface area contributed by atoms with E-state index in [1.54, 1.807) is 0 Å². The van der Waals surface area contributed by atoms with Crippen molar-refractivity contribution in [3.63, 3.8) is 0 Å². The van der Waals surface area contributed by atoms with Crippen LogP contribution in [0.1, 0.15) is 33.1 Å². The van der Waals surface area contributed by atoms with Gasteiger partial charge in [-0.25, -0.2) is 9.97 Å². The molecule has 0 fully saturated rings. The average Bonchev–Trinajstić information content (AvgIpc) is 2.25. The highest BCUT2D eigenvalue weighted by Crippen LogP contribution is 2.28. The number of anilines is 1. The highest BCUT2D eigenvalue weighted by molar-refractivity contribution is 6.31. The predicted octanol–water partition coefficient (Wildman–Crippen LogP) is 3.03. The number of hydrogen-bond acceptors (Lipinski definition) is 5. The molecular weight excluding hydrogens is 244 g/mol. The Hall–Kier alpha value is -1.43. The Balaban J connectivity index is 2.83. The molecule has 1 unspecified atom stereocenters. The molecule has 1 aromatic rings. The highest BCUT2D eigenvalue weighted by Gasteiger charge is 2.22. The molecule has 94 valence electrons. The molecule has 7 heteroatoms. The Labute approximate surface area is 105 Å². The van der Waals surface area contributed by atoms with E-state index in [4.69, 9.17) is 11.6 Å². The number of nitrogens with one attached hydrogen (secondary N) is 1. The average molecular weight is 259 g/mol. The minimum atomic E-state index is -0.572. The van der Waals surface area contributed by atoms with Crippen molar-refractivity contribution in [2.45, 2.75) is 39.2 Å². The van der Waals surface area contributed by atoms with E-state index in [-0.39, 0.29) is 22.7 Å². The lowest BCUT2D eigenvalue weighted by atomic mass is 10.1. The van der Waals surface area contributed by atoms with Gasteiger partial charge in [0.1, 0.15) is 6.33 Å². The summed E-state index contributed by atoms with van der Waals surface area (Å²) in [6, 6.07) is 0.111. The molecule has 1 rings (SSSR count). The van der Waals surface area contributed by atoms with Gasteiger partial charge in [-0.1, -0.05) is 31.4 Å². The molecule has 1 N–H and O–H groups in total. The highest BCUT2D eigenvalue weighted by atomic mass is 35.5. The summed E-state index contributed by atoms with van der Waals surface area (Å²) in [5, 5.41) is 13.7. The minimum Gasteiger partial charge on any atom is -0.362 e. The van der Waals surface area contributed by atoms with Crippen LogP contribution in [0, 0.1) is 10.1 Å². The molecule has 0 saturated carbocycles. The van der Waals surface area contributed by atoms with E-state index in [0.717, 1.165) is 19.3 Å². The van der Waals surface area contributed by atoms with Crippen molar-refractivity contribution in [3.8, 4) is 0 Å². The molecule has 6 nitrogen and oxygen atoms in total. The predicted molar refractivity (Wildman–Crippen MR) is 66.3 cm³/mol. The van der Waals surface area contributed by atoms with Gasteiger partial charge in [-0.2, -0.15) is 0 Å². The van der Waals surface area contributed by atoms with Crippen LogP contribution in [0.3, 0.4) is 0 Å². The largest absolute Gasteiger partial charge is 0.362 e. The van der Waals surface area contributed by atoms with E-state index in [9.17, 15) is 10.1 Å². The van der Waals surface area contributed by atoms with Crippen LogP contribution in [0.5, 0.6) is 0 Å². The van der Waals surface area contributed by atoms with Crippen LogP contribution in [-0.4, -0.2) is 20.9 Å². The third kappa shape index (κ3) is 3.81. The topological polar surface area (TPSA) is 81.0 Å². The molecule has 0 aromatic carbocycles. The summed E-state index contributed by atoms with van der Waals surface area (Å²) in [4.78, 5) is 17.7. The summed E-state index contributed by atoms with van der Waals surface area (Å²) < 4.78 is 0. The lowest BCUT2D eigenvalue weighted by molar-refractivity contribution is -0.384. The Kier molecular flexibility index (Phi) is 5.09. The quantitative estimate of drug-likeness (QED) is 0.482. The molecule has 1 atom stereocenters. The number of rotatable bonds is 6. The first-order valence-corrected chi connectivity index (χ1v) is 5.85. The fourth-order valence-corrected chi connectivity index (χ4v) is 1.64. The van der Waals surface area contributed by atoms with Crippen molar-refractivity contribution in [2.24, 2.45) is 0 Å². The molecule has 0 bridgehead atoms. The van der Waals surface area contributed by atoms with E-state index in [1.165, 1.54) is 6.33 Å². The molecular formula is C10H15ClN4O2. The molecule has 0 saturated heterocycles. The fourth-order valence-electron chi connectivity index (χ4n) is 1.44. The van der Waals surface area contributed by atoms with Crippen molar-refractivity contribution >= 4 is 23.1 Å². The summed E-state index contributed by atoms with van der Waals surface area (Å²) in [7, 11) is 0. The normalized spacial score (nSPS) is 12.2. The van der Waals surface area contributed by atoms with Gasteiger partial charge in [-0.3, -0.25) is 10.1 Å². The third-order valence-corrected chi connectivity index (χ3v) is 2.61. The first kappa shape index (κ1) is 13.6. The Morgan fingerprint density at radius 1 is 1.59 bits per heavy atom. The maximum Gasteiger partial charge on any atom is 0.348 e. The molecule has 0 aliphatic heterocycles. The van der Waals surface area contributed by atoms with Crippen LogP contribution in [0.25, 0.3) is 0 Å². The van der Waals surface area contributed by atoms with Crippen LogP contribution in [0.4, 0.5) is 11.5 Å². The lowest BCUT2D eigenvalue weighted by Crippen LogP contribution is -2.17. The number of halogens is 1. The Morgan fingerprint density at radius 3 is 2.88 bits per heavy atom. The van der Waals surface area contributed by atoms with Gasteiger partial charge in [0.15, 0.2) is 0 Å². The summed E-state index contributed by atoms with van der Waals surface area (Å²) in [6.07, 6.45) is 4.28. The number of nitro groups is 1. The standard InChI is InChI=1S/C10H15ClN4O2/c1-3-4-5-7(2)14-10-8(15(16)17)9(11)12-6-13-10/h6-7H,3-5H2,1-2H3,(H,12,13,14).